The summed E-state index contributed by atoms with van der Waals surface area (Å²) in [4.78, 5) is 0. The number of ether oxygens (including phenoxy) is 2. The van der Waals surface area contributed by atoms with Crippen LogP contribution in [0.3, 0.4) is 0 Å². The van der Waals surface area contributed by atoms with Gasteiger partial charge in [0.2, 0.25) is 6.79 Å². The van der Waals surface area contributed by atoms with E-state index >= 15 is 0 Å². The predicted molar refractivity (Wildman–Crippen MR) is 69.0 cm³/mol. The van der Waals surface area contributed by atoms with Gasteiger partial charge in [0.15, 0.2) is 11.5 Å². The molecule has 1 aliphatic heterocycles. The molecule has 0 aliphatic carbocycles. The topological polar surface area (TPSA) is 41.5 Å². The van der Waals surface area contributed by atoms with E-state index in [1.807, 2.05) is 25.1 Å². The lowest BCUT2D eigenvalue weighted by molar-refractivity contribution is 0.174. The lowest BCUT2D eigenvalue weighted by Crippen LogP contribution is -2.21. The van der Waals surface area contributed by atoms with Crippen LogP contribution in [0.1, 0.15) is 25.8 Å². The first-order chi connectivity index (χ1) is 8.20. The molecule has 2 rings (SSSR count). The van der Waals surface area contributed by atoms with E-state index in [1.165, 1.54) is 0 Å². The van der Waals surface area contributed by atoms with Crippen LogP contribution in [0, 0.1) is 0 Å². The molecule has 0 radical (unpaired) electrons. The van der Waals surface area contributed by atoms with Crippen LogP contribution >= 0.6 is 0 Å². The molecule has 2 unspecified atom stereocenters. The Morgan fingerprint density at radius 1 is 1.35 bits per heavy atom. The average molecular weight is 254 g/mol. The maximum absolute atomic E-state index is 11.8. The maximum Gasteiger partial charge on any atom is 0.231 e. The summed E-state index contributed by atoms with van der Waals surface area (Å²) in [7, 11) is 0. The molecule has 0 amide bonds. The van der Waals surface area contributed by atoms with Gasteiger partial charge in [0.05, 0.1) is 0 Å². The summed E-state index contributed by atoms with van der Waals surface area (Å²) in [6.45, 7) is 4.41. The monoisotopic (exact) mass is 254 g/mol. The van der Waals surface area contributed by atoms with Gasteiger partial charge in [0.25, 0.3) is 0 Å². The Labute approximate surface area is 105 Å². The van der Waals surface area contributed by atoms with Gasteiger partial charge in [0, 0.05) is 6.42 Å². The normalized spacial score (nSPS) is 16.9. The van der Waals surface area contributed by atoms with Crippen molar-refractivity contribution < 1.29 is 14.0 Å². The van der Waals surface area contributed by atoms with Gasteiger partial charge in [0.1, 0.15) is 11.0 Å². The fraction of sp³-hybridized carbons (Fsp3) is 0.538. The van der Waals surface area contributed by atoms with Crippen molar-refractivity contribution in [3.8, 4) is 11.5 Å². The van der Waals surface area contributed by atoms with Gasteiger partial charge in [-0.05, 0) is 31.0 Å². The lowest BCUT2D eigenvalue weighted by Gasteiger charge is -2.16. The summed E-state index contributed by atoms with van der Waals surface area (Å²) in [5.41, 5.74) is 1.16. The SMILES string of the molecule is CCC(C)[S+]([O-])CCc1ccc2c(c1)OCO2. The summed E-state index contributed by atoms with van der Waals surface area (Å²) in [6.07, 6.45) is 1.79. The Balaban J connectivity index is 1.91. The van der Waals surface area contributed by atoms with Crippen LogP contribution in [0.2, 0.25) is 0 Å². The van der Waals surface area contributed by atoms with Gasteiger partial charge < -0.3 is 14.0 Å². The van der Waals surface area contributed by atoms with Gasteiger partial charge in [-0.15, -0.1) is 0 Å². The van der Waals surface area contributed by atoms with Crippen molar-refractivity contribution in [3.05, 3.63) is 23.8 Å². The van der Waals surface area contributed by atoms with Crippen molar-refractivity contribution in [2.75, 3.05) is 12.5 Å². The molecule has 94 valence electrons. The Kier molecular flexibility index (Phi) is 4.18. The molecule has 0 spiro atoms. The number of fused-ring (bicyclic) bond motifs is 1. The molecule has 2 atom stereocenters. The van der Waals surface area contributed by atoms with Crippen LogP contribution in [0.25, 0.3) is 0 Å². The van der Waals surface area contributed by atoms with E-state index in [4.69, 9.17) is 9.47 Å². The Morgan fingerprint density at radius 2 is 2.12 bits per heavy atom. The van der Waals surface area contributed by atoms with Crippen LogP contribution in [0.5, 0.6) is 11.5 Å². The molecule has 17 heavy (non-hydrogen) atoms. The van der Waals surface area contributed by atoms with Crippen molar-refractivity contribution in [3.63, 3.8) is 0 Å². The number of benzene rings is 1. The highest BCUT2D eigenvalue weighted by Crippen LogP contribution is 2.32. The highest BCUT2D eigenvalue weighted by Gasteiger charge is 2.16. The van der Waals surface area contributed by atoms with Crippen molar-refractivity contribution in [1.29, 1.82) is 0 Å². The maximum atomic E-state index is 11.8. The molecular formula is C13H18O3S. The first kappa shape index (κ1) is 12.6. The van der Waals surface area contributed by atoms with Crippen molar-refractivity contribution >= 4 is 11.2 Å². The molecule has 0 bridgehead atoms. The zero-order chi connectivity index (χ0) is 12.3. The first-order valence-corrected chi connectivity index (χ1v) is 7.34. The largest absolute Gasteiger partial charge is 0.616 e. The molecule has 0 fully saturated rings. The van der Waals surface area contributed by atoms with E-state index in [1.54, 1.807) is 0 Å². The molecular weight excluding hydrogens is 236 g/mol. The molecule has 0 aromatic heterocycles. The van der Waals surface area contributed by atoms with Crippen LogP contribution in [0.15, 0.2) is 18.2 Å². The highest BCUT2D eigenvalue weighted by molar-refractivity contribution is 7.91. The summed E-state index contributed by atoms with van der Waals surface area (Å²) in [6, 6.07) is 5.92. The summed E-state index contributed by atoms with van der Waals surface area (Å²) in [5, 5.41) is 0.281. The lowest BCUT2D eigenvalue weighted by atomic mass is 10.1. The fourth-order valence-electron chi connectivity index (χ4n) is 1.70. The highest BCUT2D eigenvalue weighted by atomic mass is 32.2. The Morgan fingerprint density at radius 3 is 2.88 bits per heavy atom. The third-order valence-electron chi connectivity index (χ3n) is 3.05. The summed E-state index contributed by atoms with van der Waals surface area (Å²) < 4.78 is 22.4. The molecule has 0 saturated heterocycles. The Bertz CT molecular complexity index is 381. The molecule has 0 saturated carbocycles. The smallest absolute Gasteiger partial charge is 0.231 e. The standard InChI is InChI=1S/C13H18O3S/c1-3-10(2)17(14)7-6-11-4-5-12-13(8-11)16-9-15-12/h4-5,8,10H,3,6-7,9H2,1-2H3. The zero-order valence-corrected chi connectivity index (χ0v) is 11.1. The van der Waals surface area contributed by atoms with Crippen molar-refractivity contribution in [1.82, 2.24) is 0 Å². The van der Waals surface area contributed by atoms with E-state index in [2.05, 4.69) is 6.92 Å². The van der Waals surface area contributed by atoms with Gasteiger partial charge in [-0.2, -0.15) is 0 Å². The first-order valence-electron chi connectivity index (χ1n) is 5.96. The van der Waals surface area contributed by atoms with E-state index in [9.17, 15) is 4.55 Å². The van der Waals surface area contributed by atoms with Crippen LogP contribution < -0.4 is 9.47 Å². The summed E-state index contributed by atoms with van der Waals surface area (Å²) in [5.74, 6) is 2.32. The fourth-order valence-corrected chi connectivity index (χ4v) is 2.91. The van der Waals surface area contributed by atoms with E-state index < -0.39 is 11.2 Å². The Hall–Kier alpha value is -0.870. The minimum absolute atomic E-state index is 0.281. The second-order valence-corrected chi connectivity index (χ2v) is 6.22. The third-order valence-corrected chi connectivity index (χ3v) is 4.89. The molecule has 3 nitrogen and oxygen atoms in total. The zero-order valence-electron chi connectivity index (χ0n) is 10.3. The van der Waals surface area contributed by atoms with Gasteiger partial charge in [-0.3, -0.25) is 0 Å². The minimum atomic E-state index is -0.736. The number of rotatable bonds is 5. The molecule has 1 aromatic rings. The molecule has 1 heterocycles. The van der Waals surface area contributed by atoms with Gasteiger partial charge >= 0.3 is 0 Å². The molecule has 1 aliphatic rings. The second-order valence-electron chi connectivity index (χ2n) is 4.24. The predicted octanol–water partition coefficient (Wildman–Crippen LogP) is 2.51. The third kappa shape index (κ3) is 3.07. The van der Waals surface area contributed by atoms with E-state index in [0.29, 0.717) is 12.5 Å². The van der Waals surface area contributed by atoms with Gasteiger partial charge in [-0.1, -0.05) is 24.2 Å². The number of hydrogen-bond acceptors (Lipinski definition) is 3. The van der Waals surface area contributed by atoms with E-state index in [0.717, 1.165) is 29.9 Å². The molecule has 0 N–H and O–H groups in total. The summed E-state index contributed by atoms with van der Waals surface area (Å²) >= 11 is -0.736. The van der Waals surface area contributed by atoms with Crippen LogP contribution in [-0.4, -0.2) is 22.3 Å². The number of aryl methyl sites for hydroxylation is 1. The minimum Gasteiger partial charge on any atom is -0.616 e. The van der Waals surface area contributed by atoms with Crippen molar-refractivity contribution in [2.45, 2.75) is 31.9 Å². The molecule has 1 aromatic carbocycles. The van der Waals surface area contributed by atoms with Crippen LogP contribution in [-0.2, 0) is 17.6 Å². The van der Waals surface area contributed by atoms with Crippen LogP contribution in [0.4, 0.5) is 0 Å². The quantitative estimate of drug-likeness (QED) is 0.758. The number of hydrogen-bond donors (Lipinski definition) is 0. The van der Waals surface area contributed by atoms with E-state index in [-0.39, 0.29) is 5.25 Å². The average Bonchev–Trinajstić information content (AvgIpc) is 2.82. The second kappa shape index (κ2) is 5.65. The molecule has 4 heteroatoms. The van der Waals surface area contributed by atoms with Crippen molar-refractivity contribution in [2.24, 2.45) is 0 Å². The van der Waals surface area contributed by atoms with Gasteiger partial charge in [-0.25, -0.2) is 0 Å².